The topological polar surface area (TPSA) is 108 Å². The molecule has 1 heterocycles. The third-order valence-electron chi connectivity index (χ3n) is 4.17. The molecular weight excluding hydrogens is 304 g/mol. The summed E-state index contributed by atoms with van der Waals surface area (Å²) in [5, 5.41) is 24.6. The van der Waals surface area contributed by atoms with Gasteiger partial charge in [-0.25, -0.2) is 0 Å². The van der Waals surface area contributed by atoms with Gasteiger partial charge in [-0.05, 0) is 47.2 Å². The van der Waals surface area contributed by atoms with Crippen LogP contribution in [-0.4, -0.2) is 41.3 Å². The zero-order valence-electron chi connectivity index (χ0n) is 13.4. The number of benzene rings is 2. The Morgan fingerprint density at radius 1 is 1.00 bits per heavy atom. The van der Waals surface area contributed by atoms with Crippen molar-refractivity contribution in [1.82, 2.24) is 10.2 Å². The highest BCUT2D eigenvalue weighted by molar-refractivity contribution is 5.89. The van der Waals surface area contributed by atoms with Gasteiger partial charge in [0.05, 0.1) is 5.82 Å². The molecule has 2 aromatic rings. The van der Waals surface area contributed by atoms with Gasteiger partial charge in [-0.2, -0.15) is 0 Å². The van der Waals surface area contributed by atoms with Crippen LogP contribution in [0, 0.1) is 0 Å². The van der Waals surface area contributed by atoms with E-state index in [1.807, 2.05) is 0 Å². The number of fused-ring (bicyclic) bond motifs is 1. The number of nitrogens with two attached hydrogens (primary N) is 2. The Balaban J connectivity index is 1.88. The molecule has 6 heteroatoms. The molecule has 0 amide bonds. The number of nitrogens with zero attached hydrogens (tertiary/aromatic N) is 1. The van der Waals surface area contributed by atoms with Crippen molar-refractivity contribution in [3.05, 3.63) is 53.9 Å². The van der Waals surface area contributed by atoms with E-state index in [0.717, 1.165) is 37.0 Å². The Kier molecular flexibility index (Phi) is 4.48. The third-order valence-corrected chi connectivity index (χ3v) is 4.17. The first-order chi connectivity index (χ1) is 11.5. The quantitative estimate of drug-likeness (QED) is 0.544. The Hall–Kier alpha value is -2.86. The average Bonchev–Trinajstić information content (AvgIpc) is 2.59. The van der Waals surface area contributed by atoms with E-state index in [1.165, 1.54) is 0 Å². The summed E-state index contributed by atoms with van der Waals surface area (Å²) in [7, 11) is 0. The molecule has 126 valence electrons. The Morgan fingerprint density at radius 3 is 2.50 bits per heavy atom. The number of piperazine rings is 1. The number of hydrogen-bond acceptors (Lipinski definition) is 6. The van der Waals surface area contributed by atoms with E-state index in [2.05, 4.69) is 10.2 Å². The lowest BCUT2D eigenvalue weighted by Crippen LogP contribution is -2.44. The van der Waals surface area contributed by atoms with Crippen LogP contribution in [0.3, 0.4) is 0 Å². The van der Waals surface area contributed by atoms with Crippen molar-refractivity contribution >= 4 is 16.5 Å². The van der Waals surface area contributed by atoms with Gasteiger partial charge in [-0.15, -0.1) is 0 Å². The van der Waals surface area contributed by atoms with E-state index >= 15 is 0 Å². The van der Waals surface area contributed by atoms with Gasteiger partial charge in [0, 0.05) is 37.4 Å². The SMILES string of the molecule is N/C(=C\C=C(/N)N1CCNCC1)c1cc2ccc(O)cc2cc1O. The van der Waals surface area contributed by atoms with Crippen molar-refractivity contribution in [1.29, 1.82) is 0 Å². The van der Waals surface area contributed by atoms with Crippen molar-refractivity contribution < 1.29 is 10.2 Å². The molecule has 2 aromatic carbocycles. The van der Waals surface area contributed by atoms with Crippen LogP contribution in [0.5, 0.6) is 11.5 Å². The summed E-state index contributed by atoms with van der Waals surface area (Å²) < 4.78 is 0. The molecule has 0 unspecified atom stereocenters. The summed E-state index contributed by atoms with van der Waals surface area (Å²) in [5.74, 6) is 0.880. The molecule has 0 aromatic heterocycles. The molecule has 6 nitrogen and oxygen atoms in total. The number of aromatic hydroxyl groups is 2. The summed E-state index contributed by atoms with van der Waals surface area (Å²) in [4.78, 5) is 2.09. The number of rotatable bonds is 3. The molecule has 0 spiro atoms. The first-order valence-corrected chi connectivity index (χ1v) is 7.89. The fourth-order valence-electron chi connectivity index (χ4n) is 2.80. The predicted molar refractivity (Wildman–Crippen MR) is 96.2 cm³/mol. The number of nitrogens with one attached hydrogen (secondary N) is 1. The number of phenolic OH excluding ortho intramolecular Hbond substituents is 2. The molecule has 3 rings (SSSR count). The smallest absolute Gasteiger partial charge is 0.125 e. The van der Waals surface area contributed by atoms with Crippen LogP contribution >= 0.6 is 0 Å². The summed E-state index contributed by atoms with van der Waals surface area (Å²) in [6, 6.07) is 8.37. The number of phenols is 2. The first-order valence-electron chi connectivity index (χ1n) is 7.89. The zero-order chi connectivity index (χ0) is 17.1. The summed E-state index contributed by atoms with van der Waals surface area (Å²) in [6.07, 6.45) is 3.47. The minimum absolute atomic E-state index is 0.0657. The Morgan fingerprint density at radius 2 is 1.75 bits per heavy atom. The molecule has 0 saturated carbocycles. The maximum Gasteiger partial charge on any atom is 0.125 e. The maximum absolute atomic E-state index is 10.2. The molecular formula is C18H22N4O2. The third kappa shape index (κ3) is 3.38. The van der Waals surface area contributed by atoms with Crippen LogP contribution in [0.1, 0.15) is 5.56 Å². The number of hydrogen-bond donors (Lipinski definition) is 5. The van der Waals surface area contributed by atoms with Crippen LogP contribution in [0.25, 0.3) is 16.5 Å². The summed E-state index contributed by atoms with van der Waals surface area (Å²) >= 11 is 0. The number of allylic oxidation sites excluding steroid dienone is 2. The largest absolute Gasteiger partial charge is 0.508 e. The van der Waals surface area contributed by atoms with Gasteiger partial charge in [0.2, 0.25) is 0 Å². The van der Waals surface area contributed by atoms with Crippen LogP contribution in [0.2, 0.25) is 0 Å². The lowest BCUT2D eigenvalue weighted by atomic mass is 10.0. The normalized spacial score (nSPS) is 16.6. The lowest BCUT2D eigenvalue weighted by Gasteiger charge is -2.29. The maximum atomic E-state index is 10.2. The highest BCUT2D eigenvalue weighted by Gasteiger charge is 2.10. The average molecular weight is 326 g/mol. The van der Waals surface area contributed by atoms with Crippen molar-refractivity contribution in [3.63, 3.8) is 0 Å². The highest BCUT2D eigenvalue weighted by Crippen LogP contribution is 2.30. The highest BCUT2D eigenvalue weighted by atomic mass is 16.3. The Bertz CT molecular complexity index is 808. The van der Waals surface area contributed by atoms with E-state index in [0.29, 0.717) is 17.1 Å². The van der Waals surface area contributed by atoms with E-state index in [9.17, 15) is 10.2 Å². The van der Waals surface area contributed by atoms with Gasteiger partial charge < -0.3 is 31.9 Å². The van der Waals surface area contributed by atoms with E-state index < -0.39 is 0 Å². The molecule has 1 fully saturated rings. The second kappa shape index (κ2) is 6.72. The minimum Gasteiger partial charge on any atom is -0.508 e. The molecule has 1 saturated heterocycles. The fourth-order valence-corrected chi connectivity index (χ4v) is 2.80. The first kappa shape index (κ1) is 16.0. The van der Waals surface area contributed by atoms with Gasteiger partial charge in [0.25, 0.3) is 0 Å². The van der Waals surface area contributed by atoms with Gasteiger partial charge in [0.15, 0.2) is 0 Å². The van der Waals surface area contributed by atoms with Crippen LogP contribution < -0.4 is 16.8 Å². The van der Waals surface area contributed by atoms with Crippen LogP contribution in [0.15, 0.2) is 48.3 Å². The van der Waals surface area contributed by atoms with Crippen LogP contribution in [0.4, 0.5) is 0 Å². The van der Waals surface area contributed by atoms with E-state index in [1.54, 1.807) is 42.5 Å². The lowest BCUT2D eigenvalue weighted by molar-refractivity contribution is 0.296. The molecule has 0 bridgehead atoms. The van der Waals surface area contributed by atoms with E-state index in [4.69, 9.17) is 11.5 Å². The molecule has 1 aliphatic heterocycles. The Labute approximate surface area is 140 Å². The predicted octanol–water partition coefficient (Wildman–Crippen LogP) is 1.26. The second-order valence-electron chi connectivity index (χ2n) is 5.85. The fraction of sp³-hybridized carbons (Fsp3) is 0.222. The molecule has 0 radical (unpaired) electrons. The molecule has 0 atom stereocenters. The van der Waals surface area contributed by atoms with Crippen LogP contribution in [-0.2, 0) is 0 Å². The van der Waals surface area contributed by atoms with E-state index in [-0.39, 0.29) is 11.5 Å². The molecule has 7 N–H and O–H groups in total. The molecule has 24 heavy (non-hydrogen) atoms. The monoisotopic (exact) mass is 326 g/mol. The minimum atomic E-state index is 0.0657. The van der Waals surface area contributed by atoms with Crippen molar-refractivity contribution in [3.8, 4) is 11.5 Å². The van der Waals surface area contributed by atoms with Gasteiger partial charge >= 0.3 is 0 Å². The van der Waals surface area contributed by atoms with Gasteiger partial charge in [-0.3, -0.25) is 0 Å². The standard InChI is InChI=1S/C18H22N4O2/c19-16(3-4-18(20)22-7-5-21-6-8-22)15-10-12-1-2-14(23)9-13(12)11-17(15)24/h1-4,9-11,21,23-24H,5-8,19-20H2/b16-3-,18-4+. The molecule has 1 aliphatic rings. The van der Waals surface area contributed by atoms with Crippen molar-refractivity contribution in [2.75, 3.05) is 26.2 Å². The summed E-state index contributed by atoms with van der Waals surface area (Å²) in [5.41, 5.74) is 13.2. The summed E-state index contributed by atoms with van der Waals surface area (Å²) in [6.45, 7) is 3.54. The van der Waals surface area contributed by atoms with Gasteiger partial charge in [-0.1, -0.05) is 6.07 Å². The zero-order valence-corrected chi connectivity index (χ0v) is 13.4. The van der Waals surface area contributed by atoms with Crippen molar-refractivity contribution in [2.24, 2.45) is 11.5 Å². The van der Waals surface area contributed by atoms with Gasteiger partial charge in [0.1, 0.15) is 11.5 Å². The van der Waals surface area contributed by atoms with Crippen molar-refractivity contribution in [2.45, 2.75) is 0 Å². The second-order valence-corrected chi connectivity index (χ2v) is 5.85. The molecule has 0 aliphatic carbocycles.